The number of ketones is 1. The van der Waals surface area contributed by atoms with Gasteiger partial charge in [-0.1, -0.05) is 0 Å². The topological polar surface area (TPSA) is 46.6 Å². The van der Waals surface area contributed by atoms with Gasteiger partial charge in [-0.3, -0.25) is 9.59 Å². The maximum Gasteiger partial charge on any atom is 0.254 e. The van der Waals surface area contributed by atoms with Gasteiger partial charge in [0.05, 0.1) is 7.11 Å². The molecule has 0 saturated carbocycles. The molecule has 0 aliphatic carbocycles. The van der Waals surface area contributed by atoms with Crippen LogP contribution in [0.1, 0.15) is 43.0 Å². The second-order valence-electron chi connectivity index (χ2n) is 5.28. The van der Waals surface area contributed by atoms with Crippen molar-refractivity contribution >= 4 is 11.7 Å². The molecule has 108 valence electrons. The maximum atomic E-state index is 12.6. The number of likely N-dealkylation sites (tertiary alicyclic amines) is 1. The zero-order chi connectivity index (χ0) is 14.5. The summed E-state index contributed by atoms with van der Waals surface area (Å²) in [6.07, 6.45) is 3.48. The summed E-state index contributed by atoms with van der Waals surface area (Å²) in [5, 5.41) is 0. The smallest absolute Gasteiger partial charge is 0.254 e. The van der Waals surface area contributed by atoms with E-state index in [1.54, 1.807) is 38.3 Å². The predicted octanol–water partition coefficient (Wildman–Crippen LogP) is 2.67. The van der Waals surface area contributed by atoms with Crippen molar-refractivity contribution in [3.63, 3.8) is 0 Å². The summed E-state index contributed by atoms with van der Waals surface area (Å²) >= 11 is 0. The Morgan fingerprint density at radius 1 is 1.25 bits per heavy atom. The van der Waals surface area contributed by atoms with E-state index in [1.807, 2.05) is 4.90 Å². The number of hydrogen-bond acceptors (Lipinski definition) is 3. The number of nitrogens with zero attached hydrogens (tertiary/aromatic N) is 1. The van der Waals surface area contributed by atoms with Crippen LogP contribution in [0.5, 0.6) is 5.75 Å². The van der Waals surface area contributed by atoms with Crippen LogP contribution >= 0.6 is 0 Å². The van der Waals surface area contributed by atoms with Crippen LogP contribution in [-0.4, -0.2) is 36.3 Å². The normalized spacial score (nSPS) is 18.7. The molecular weight excluding hydrogens is 254 g/mol. The van der Waals surface area contributed by atoms with Crippen LogP contribution < -0.4 is 4.74 Å². The lowest BCUT2D eigenvalue weighted by atomic mass is 9.97. The van der Waals surface area contributed by atoms with Crippen LogP contribution in [-0.2, 0) is 4.79 Å². The minimum absolute atomic E-state index is 0.0126. The van der Waals surface area contributed by atoms with Gasteiger partial charge in [0.1, 0.15) is 11.5 Å². The summed E-state index contributed by atoms with van der Waals surface area (Å²) in [4.78, 5) is 25.8. The molecule has 0 aromatic heterocycles. The van der Waals surface area contributed by atoms with Gasteiger partial charge in [-0.2, -0.15) is 0 Å². The van der Waals surface area contributed by atoms with E-state index in [9.17, 15) is 9.59 Å². The average Bonchev–Trinajstić information content (AvgIpc) is 2.46. The van der Waals surface area contributed by atoms with Crippen LogP contribution in [0.3, 0.4) is 0 Å². The van der Waals surface area contributed by atoms with E-state index in [-0.39, 0.29) is 17.7 Å². The summed E-state index contributed by atoms with van der Waals surface area (Å²) in [5.41, 5.74) is 0.654. The van der Waals surface area contributed by atoms with Crippen molar-refractivity contribution in [2.24, 2.45) is 0 Å². The van der Waals surface area contributed by atoms with Crippen LogP contribution in [0.15, 0.2) is 24.3 Å². The Morgan fingerprint density at radius 3 is 2.55 bits per heavy atom. The Balaban J connectivity index is 2.13. The highest BCUT2D eigenvalue weighted by Crippen LogP contribution is 2.23. The van der Waals surface area contributed by atoms with E-state index in [1.165, 1.54) is 0 Å². The van der Waals surface area contributed by atoms with Crippen LogP contribution in [0.25, 0.3) is 0 Å². The number of carbonyl (C=O) groups is 2. The number of amides is 1. The van der Waals surface area contributed by atoms with Crippen molar-refractivity contribution < 1.29 is 14.3 Å². The quantitative estimate of drug-likeness (QED) is 0.848. The first-order chi connectivity index (χ1) is 9.61. The molecule has 1 aliphatic heterocycles. The van der Waals surface area contributed by atoms with Gasteiger partial charge in [-0.05, 0) is 50.5 Å². The minimum atomic E-state index is 0.0126. The second-order valence-corrected chi connectivity index (χ2v) is 5.28. The van der Waals surface area contributed by atoms with Crippen molar-refractivity contribution in [2.45, 2.75) is 38.6 Å². The molecule has 4 heteroatoms. The number of hydrogen-bond donors (Lipinski definition) is 0. The van der Waals surface area contributed by atoms with Crippen molar-refractivity contribution in [3.8, 4) is 5.75 Å². The Kier molecular flexibility index (Phi) is 4.77. The second kappa shape index (κ2) is 6.55. The predicted molar refractivity (Wildman–Crippen MR) is 77.0 cm³/mol. The minimum Gasteiger partial charge on any atom is -0.497 e. The van der Waals surface area contributed by atoms with Crippen LogP contribution in [0.4, 0.5) is 0 Å². The summed E-state index contributed by atoms with van der Waals surface area (Å²) in [7, 11) is 1.60. The van der Waals surface area contributed by atoms with E-state index in [4.69, 9.17) is 4.74 Å². The highest BCUT2D eigenvalue weighted by Gasteiger charge is 2.28. The van der Waals surface area contributed by atoms with Gasteiger partial charge in [0, 0.05) is 24.6 Å². The Morgan fingerprint density at radius 2 is 1.95 bits per heavy atom. The Bertz CT molecular complexity index is 481. The summed E-state index contributed by atoms with van der Waals surface area (Å²) < 4.78 is 5.10. The molecule has 20 heavy (non-hydrogen) atoms. The largest absolute Gasteiger partial charge is 0.497 e. The molecule has 1 fully saturated rings. The van der Waals surface area contributed by atoms with Crippen LogP contribution in [0.2, 0.25) is 0 Å². The number of methoxy groups -OCH3 is 1. The lowest BCUT2D eigenvalue weighted by molar-refractivity contribution is -0.118. The van der Waals surface area contributed by atoms with Gasteiger partial charge in [-0.15, -0.1) is 0 Å². The zero-order valence-corrected chi connectivity index (χ0v) is 12.1. The third-order valence-electron chi connectivity index (χ3n) is 3.75. The van der Waals surface area contributed by atoms with Gasteiger partial charge in [0.25, 0.3) is 5.91 Å². The maximum absolute atomic E-state index is 12.6. The van der Waals surface area contributed by atoms with E-state index >= 15 is 0 Å². The fourth-order valence-corrected chi connectivity index (χ4v) is 2.71. The van der Waals surface area contributed by atoms with Gasteiger partial charge in [-0.25, -0.2) is 0 Å². The number of benzene rings is 1. The number of ether oxygens (including phenoxy) is 1. The SMILES string of the molecule is COc1ccc(C(=O)N2CCCCC2CC(C)=O)cc1. The molecule has 0 radical (unpaired) electrons. The van der Waals surface area contributed by atoms with Crippen molar-refractivity contribution in [2.75, 3.05) is 13.7 Å². The summed E-state index contributed by atoms with van der Waals surface area (Å²) in [6, 6.07) is 7.19. The third-order valence-corrected chi connectivity index (χ3v) is 3.75. The molecule has 1 unspecified atom stereocenters. The van der Waals surface area contributed by atoms with Gasteiger partial charge in [0.15, 0.2) is 0 Å². The van der Waals surface area contributed by atoms with Crippen LogP contribution in [0, 0.1) is 0 Å². The average molecular weight is 275 g/mol. The Hall–Kier alpha value is -1.84. The van der Waals surface area contributed by atoms with E-state index in [0.29, 0.717) is 12.0 Å². The summed E-state index contributed by atoms with van der Waals surface area (Å²) in [5.74, 6) is 0.892. The van der Waals surface area contributed by atoms with E-state index < -0.39 is 0 Å². The molecule has 0 spiro atoms. The molecule has 1 aromatic carbocycles. The summed E-state index contributed by atoms with van der Waals surface area (Å²) in [6.45, 7) is 2.33. The monoisotopic (exact) mass is 275 g/mol. The van der Waals surface area contributed by atoms with E-state index in [0.717, 1.165) is 31.6 Å². The van der Waals surface area contributed by atoms with Crippen molar-refractivity contribution in [3.05, 3.63) is 29.8 Å². The van der Waals surface area contributed by atoms with Gasteiger partial charge < -0.3 is 9.64 Å². The van der Waals surface area contributed by atoms with E-state index in [2.05, 4.69) is 0 Å². The molecular formula is C16H21NO3. The van der Waals surface area contributed by atoms with Gasteiger partial charge in [0.2, 0.25) is 0 Å². The first kappa shape index (κ1) is 14.6. The highest BCUT2D eigenvalue weighted by atomic mass is 16.5. The molecule has 0 bridgehead atoms. The molecule has 0 N–H and O–H groups in total. The number of carbonyl (C=O) groups excluding carboxylic acids is 2. The number of piperidine rings is 1. The molecule has 1 heterocycles. The molecule has 1 amide bonds. The van der Waals surface area contributed by atoms with Gasteiger partial charge >= 0.3 is 0 Å². The first-order valence-electron chi connectivity index (χ1n) is 7.06. The molecule has 4 nitrogen and oxygen atoms in total. The van der Waals surface area contributed by atoms with Crippen molar-refractivity contribution in [1.82, 2.24) is 4.90 Å². The lowest BCUT2D eigenvalue weighted by Crippen LogP contribution is -2.44. The first-order valence-corrected chi connectivity index (χ1v) is 7.06. The number of rotatable bonds is 4. The molecule has 1 saturated heterocycles. The lowest BCUT2D eigenvalue weighted by Gasteiger charge is -2.35. The third kappa shape index (κ3) is 3.38. The fraction of sp³-hybridized carbons (Fsp3) is 0.500. The molecule has 2 rings (SSSR count). The molecule has 1 atom stereocenters. The fourth-order valence-electron chi connectivity index (χ4n) is 2.71. The highest BCUT2D eigenvalue weighted by molar-refractivity contribution is 5.95. The molecule has 1 aromatic rings. The number of Topliss-reactive ketones (excluding diaryl/α,β-unsaturated/α-hetero) is 1. The van der Waals surface area contributed by atoms with Crippen molar-refractivity contribution in [1.29, 1.82) is 0 Å². The zero-order valence-electron chi connectivity index (χ0n) is 12.1. The molecule has 1 aliphatic rings. The Labute approximate surface area is 119 Å². The standard InChI is InChI=1S/C16H21NO3/c1-12(18)11-14-5-3-4-10-17(14)16(19)13-6-8-15(20-2)9-7-13/h6-9,14H,3-5,10-11H2,1-2H3.